The Morgan fingerprint density at radius 3 is 2.48 bits per heavy atom. The lowest BCUT2D eigenvalue weighted by Crippen LogP contribution is -2.24. The first kappa shape index (κ1) is 15.2. The number of nitro groups is 1. The minimum atomic E-state index is -0.488. The van der Waals surface area contributed by atoms with Gasteiger partial charge in [0.05, 0.1) is 9.95 Å². The number of benzene rings is 1. The molecule has 0 saturated carbocycles. The summed E-state index contributed by atoms with van der Waals surface area (Å²) in [5.41, 5.74) is 0.739. The molecule has 0 saturated heterocycles. The molecule has 8 heteroatoms. The molecule has 1 N–H and O–H groups in total. The molecule has 1 heterocycles. The monoisotopic (exact) mass is 325 g/mol. The number of nitrogens with one attached hydrogen (secondary N) is 1. The second-order valence-electron chi connectivity index (χ2n) is 4.07. The lowest BCUT2D eigenvalue weighted by atomic mass is 10.2. The number of nitrogens with zero attached hydrogens (tertiary/aromatic N) is 2. The maximum atomic E-state index is 11.9. The van der Waals surface area contributed by atoms with Crippen LogP contribution in [0.5, 0.6) is 0 Å². The number of non-ortho nitro benzene ring substituents is 1. The summed E-state index contributed by atoms with van der Waals surface area (Å²) in [5, 5.41) is 13.5. The first-order valence-corrected chi connectivity index (χ1v) is 6.56. The van der Waals surface area contributed by atoms with Gasteiger partial charge in [0.25, 0.3) is 11.6 Å². The van der Waals surface area contributed by atoms with E-state index >= 15 is 0 Å². The van der Waals surface area contributed by atoms with Crippen LogP contribution in [0.3, 0.4) is 0 Å². The number of carbonyl (C=O) groups excluding carboxylic acids is 1. The van der Waals surface area contributed by atoms with Gasteiger partial charge in [-0.3, -0.25) is 14.9 Å². The Labute approximate surface area is 129 Å². The Morgan fingerprint density at radius 2 is 1.86 bits per heavy atom. The summed E-state index contributed by atoms with van der Waals surface area (Å²) >= 11 is 11.6. The van der Waals surface area contributed by atoms with Crippen LogP contribution in [0.2, 0.25) is 10.2 Å². The molecule has 6 nitrogen and oxygen atoms in total. The summed E-state index contributed by atoms with van der Waals surface area (Å²) in [5.74, 6) is -0.471. The Bertz CT molecular complexity index is 690. The highest BCUT2D eigenvalue weighted by Crippen LogP contribution is 2.17. The van der Waals surface area contributed by atoms with Gasteiger partial charge < -0.3 is 5.32 Å². The fourth-order valence-electron chi connectivity index (χ4n) is 1.58. The molecule has 0 fully saturated rings. The van der Waals surface area contributed by atoms with E-state index in [1.165, 1.54) is 24.3 Å². The van der Waals surface area contributed by atoms with E-state index in [0.29, 0.717) is 5.56 Å². The van der Waals surface area contributed by atoms with Gasteiger partial charge in [-0.15, -0.1) is 0 Å². The van der Waals surface area contributed by atoms with Crippen molar-refractivity contribution in [2.75, 3.05) is 0 Å². The molecule has 1 aromatic heterocycles. The highest BCUT2D eigenvalue weighted by atomic mass is 35.5. The second kappa shape index (κ2) is 6.51. The average Bonchev–Trinajstić information content (AvgIpc) is 2.47. The van der Waals surface area contributed by atoms with Crippen LogP contribution in [0.15, 0.2) is 36.4 Å². The average molecular weight is 326 g/mol. The van der Waals surface area contributed by atoms with Crippen LogP contribution in [0, 0.1) is 10.1 Å². The normalized spacial score (nSPS) is 10.2. The number of nitro benzene ring substituents is 1. The maximum absolute atomic E-state index is 11.9. The summed E-state index contributed by atoms with van der Waals surface area (Å²) in [6.45, 7) is 0.196. The second-order valence-corrected chi connectivity index (χ2v) is 4.87. The predicted molar refractivity (Wildman–Crippen MR) is 78.5 cm³/mol. The van der Waals surface area contributed by atoms with Gasteiger partial charge in [-0.2, -0.15) is 0 Å². The molecule has 1 amide bonds. The van der Waals surface area contributed by atoms with E-state index in [1.807, 2.05) is 0 Å². The molecule has 21 heavy (non-hydrogen) atoms. The van der Waals surface area contributed by atoms with Crippen LogP contribution in [-0.4, -0.2) is 15.8 Å². The van der Waals surface area contributed by atoms with Crippen LogP contribution in [0.25, 0.3) is 0 Å². The van der Waals surface area contributed by atoms with Gasteiger partial charge in [0.2, 0.25) is 0 Å². The number of aromatic nitrogens is 1. The summed E-state index contributed by atoms with van der Waals surface area (Å²) in [7, 11) is 0. The first-order valence-electron chi connectivity index (χ1n) is 5.81. The lowest BCUT2D eigenvalue weighted by Gasteiger charge is -2.06. The molecule has 0 aliphatic heterocycles. The van der Waals surface area contributed by atoms with Crippen molar-refractivity contribution in [3.63, 3.8) is 0 Å². The minimum absolute atomic E-state index is 0.00960. The summed E-state index contributed by atoms with van der Waals surface area (Å²) in [6, 6.07) is 8.82. The van der Waals surface area contributed by atoms with E-state index in [2.05, 4.69) is 10.3 Å². The zero-order valence-electron chi connectivity index (χ0n) is 10.5. The van der Waals surface area contributed by atoms with E-state index < -0.39 is 10.8 Å². The zero-order valence-corrected chi connectivity index (χ0v) is 12.1. The third-order valence-corrected chi connectivity index (χ3v) is 3.14. The van der Waals surface area contributed by atoms with Gasteiger partial charge in [0.15, 0.2) is 0 Å². The van der Waals surface area contributed by atoms with E-state index in [1.54, 1.807) is 12.1 Å². The number of halogens is 2. The molecule has 0 aliphatic carbocycles. The molecule has 0 unspecified atom stereocenters. The minimum Gasteiger partial charge on any atom is -0.347 e. The molecule has 0 spiro atoms. The lowest BCUT2D eigenvalue weighted by molar-refractivity contribution is -0.384. The third-order valence-electron chi connectivity index (χ3n) is 2.63. The van der Waals surface area contributed by atoms with Crippen molar-refractivity contribution in [2.24, 2.45) is 0 Å². The molecule has 108 valence electrons. The summed E-state index contributed by atoms with van der Waals surface area (Å²) in [6.07, 6.45) is 0. The molecule has 2 rings (SSSR count). The maximum Gasteiger partial charge on any atom is 0.271 e. The Hall–Kier alpha value is -2.18. The largest absolute Gasteiger partial charge is 0.347 e. The van der Waals surface area contributed by atoms with E-state index in [9.17, 15) is 14.9 Å². The number of carbonyl (C=O) groups is 1. The SMILES string of the molecule is O=C(NCc1ccc([N+](=O)[O-])cc1)c1nc(Cl)ccc1Cl. The molecule has 0 atom stereocenters. The van der Waals surface area contributed by atoms with Gasteiger partial charge in [0.1, 0.15) is 10.8 Å². The highest BCUT2D eigenvalue weighted by Gasteiger charge is 2.13. The molecule has 1 aromatic carbocycles. The van der Waals surface area contributed by atoms with Crippen molar-refractivity contribution in [3.8, 4) is 0 Å². The van der Waals surface area contributed by atoms with Crippen molar-refractivity contribution in [3.05, 3.63) is 67.9 Å². The van der Waals surface area contributed by atoms with Crippen LogP contribution >= 0.6 is 23.2 Å². The molecule has 0 aliphatic rings. The number of pyridine rings is 1. The number of hydrogen-bond donors (Lipinski definition) is 1. The summed E-state index contributed by atoms with van der Waals surface area (Å²) < 4.78 is 0. The van der Waals surface area contributed by atoms with Crippen LogP contribution < -0.4 is 5.32 Å². The summed E-state index contributed by atoms with van der Waals surface area (Å²) in [4.78, 5) is 25.8. The standard InChI is InChI=1S/C13H9Cl2N3O3/c14-10-5-6-11(15)17-12(10)13(19)16-7-8-1-3-9(4-2-8)18(20)21/h1-6H,7H2,(H,16,19). The first-order chi connectivity index (χ1) is 9.97. The number of rotatable bonds is 4. The fourth-order valence-corrected chi connectivity index (χ4v) is 1.92. The van der Waals surface area contributed by atoms with Crippen molar-refractivity contribution in [1.29, 1.82) is 0 Å². The van der Waals surface area contributed by atoms with Gasteiger partial charge in [0, 0.05) is 18.7 Å². The van der Waals surface area contributed by atoms with E-state index in [-0.39, 0.29) is 28.1 Å². The third kappa shape index (κ3) is 3.90. The molecular formula is C13H9Cl2N3O3. The van der Waals surface area contributed by atoms with Gasteiger partial charge in [-0.1, -0.05) is 35.3 Å². The Balaban J connectivity index is 2.04. The molecule has 2 aromatic rings. The Kier molecular flexibility index (Phi) is 4.72. The van der Waals surface area contributed by atoms with E-state index in [0.717, 1.165) is 0 Å². The van der Waals surface area contributed by atoms with Crippen LogP contribution in [-0.2, 0) is 6.54 Å². The topological polar surface area (TPSA) is 85.1 Å². The van der Waals surface area contributed by atoms with Crippen LogP contribution in [0.4, 0.5) is 5.69 Å². The number of hydrogen-bond acceptors (Lipinski definition) is 4. The zero-order chi connectivity index (χ0) is 15.4. The van der Waals surface area contributed by atoms with Crippen molar-refractivity contribution >= 4 is 34.8 Å². The van der Waals surface area contributed by atoms with Crippen LogP contribution in [0.1, 0.15) is 16.1 Å². The van der Waals surface area contributed by atoms with Gasteiger partial charge in [-0.25, -0.2) is 4.98 Å². The smallest absolute Gasteiger partial charge is 0.271 e. The van der Waals surface area contributed by atoms with Crippen molar-refractivity contribution in [2.45, 2.75) is 6.54 Å². The van der Waals surface area contributed by atoms with E-state index in [4.69, 9.17) is 23.2 Å². The predicted octanol–water partition coefficient (Wildman–Crippen LogP) is 3.23. The molecule has 0 bridgehead atoms. The van der Waals surface area contributed by atoms with Gasteiger partial charge >= 0.3 is 0 Å². The molecule has 0 radical (unpaired) electrons. The number of amides is 1. The van der Waals surface area contributed by atoms with Crippen molar-refractivity contribution < 1.29 is 9.72 Å². The highest BCUT2D eigenvalue weighted by molar-refractivity contribution is 6.34. The Morgan fingerprint density at radius 1 is 1.19 bits per heavy atom. The fraction of sp³-hybridized carbons (Fsp3) is 0.0769. The van der Waals surface area contributed by atoms with Crippen molar-refractivity contribution in [1.82, 2.24) is 10.3 Å². The van der Waals surface area contributed by atoms with Gasteiger partial charge in [-0.05, 0) is 17.7 Å². The quantitative estimate of drug-likeness (QED) is 0.531. The molecular weight excluding hydrogens is 317 g/mol.